The minimum absolute atomic E-state index is 0.135. The van der Waals surface area contributed by atoms with Crippen LogP contribution in [0.25, 0.3) is 0 Å². The zero-order chi connectivity index (χ0) is 13.1. The fourth-order valence-corrected chi connectivity index (χ4v) is 1.75. The molecule has 94 valence electrons. The number of anilines is 1. The maximum Gasteiger partial charge on any atom is 0.129 e. The average Bonchev–Trinajstić information content (AvgIpc) is 2.34. The highest BCUT2D eigenvalue weighted by atomic mass is 35.5. The van der Waals surface area contributed by atoms with E-state index in [0.29, 0.717) is 22.0 Å². The Morgan fingerprint density at radius 1 is 1.22 bits per heavy atom. The van der Waals surface area contributed by atoms with E-state index in [1.165, 1.54) is 12.1 Å². The Balaban J connectivity index is 2.11. The van der Waals surface area contributed by atoms with Crippen LogP contribution >= 0.6 is 11.6 Å². The molecule has 2 N–H and O–H groups in total. The number of rotatable bonds is 3. The lowest BCUT2D eigenvalue weighted by Crippen LogP contribution is -1.99. The smallest absolute Gasteiger partial charge is 0.129 e. The van der Waals surface area contributed by atoms with Crippen molar-refractivity contribution < 1.29 is 9.13 Å². The molecule has 0 aliphatic rings. The fourth-order valence-electron chi connectivity index (χ4n) is 1.55. The van der Waals surface area contributed by atoms with E-state index in [-0.39, 0.29) is 12.4 Å². The van der Waals surface area contributed by atoms with E-state index in [9.17, 15) is 4.39 Å². The Morgan fingerprint density at radius 3 is 2.72 bits per heavy atom. The number of hydrogen-bond acceptors (Lipinski definition) is 2. The third-order valence-electron chi connectivity index (χ3n) is 2.64. The Bertz CT molecular complexity index is 572. The monoisotopic (exact) mass is 265 g/mol. The van der Waals surface area contributed by atoms with Crippen LogP contribution in [0, 0.1) is 12.7 Å². The summed E-state index contributed by atoms with van der Waals surface area (Å²) in [5.74, 6) is 0.327. The largest absolute Gasteiger partial charge is 0.489 e. The average molecular weight is 266 g/mol. The van der Waals surface area contributed by atoms with Crippen molar-refractivity contribution in [2.75, 3.05) is 5.73 Å². The lowest BCUT2D eigenvalue weighted by molar-refractivity contribution is 0.299. The van der Waals surface area contributed by atoms with Gasteiger partial charge < -0.3 is 10.5 Å². The molecule has 0 aromatic heterocycles. The van der Waals surface area contributed by atoms with E-state index in [0.717, 1.165) is 5.56 Å². The van der Waals surface area contributed by atoms with Crippen LogP contribution in [0.2, 0.25) is 5.02 Å². The Hall–Kier alpha value is -1.74. The lowest BCUT2D eigenvalue weighted by atomic mass is 10.2. The van der Waals surface area contributed by atoms with Crippen LogP contribution in [0.3, 0.4) is 0 Å². The summed E-state index contributed by atoms with van der Waals surface area (Å²) in [7, 11) is 0. The normalized spacial score (nSPS) is 10.4. The standard InChI is InChI=1S/C14H13ClFNO/c1-9-6-12(3-5-14(9)17)18-8-10-7-11(15)2-4-13(10)16/h2-7H,8,17H2,1H3. The summed E-state index contributed by atoms with van der Waals surface area (Å²) in [4.78, 5) is 0. The predicted molar refractivity (Wildman–Crippen MR) is 71.3 cm³/mol. The number of benzene rings is 2. The molecule has 2 aromatic carbocycles. The van der Waals surface area contributed by atoms with Gasteiger partial charge in [-0.3, -0.25) is 0 Å². The molecule has 2 aromatic rings. The van der Waals surface area contributed by atoms with E-state index < -0.39 is 0 Å². The molecule has 0 aliphatic carbocycles. The number of halogens is 2. The van der Waals surface area contributed by atoms with Crippen LogP contribution in [0.15, 0.2) is 36.4 Å². The number of nitrogen functional groups attached to an aromatic ring is 1. The molecule has 18 heavy (non-hydrogen) atoms. The predicted octanol–water partition coefficient (Wildman–Crippen LogP) is 3.95. The van der Waals surface area contributed by atoms with Gasteiger partial charge in [-0.25, -0.2) is 4.39 Å². The summed E-state index contributed by atoms with van der Waals surface area (Å²) in [6.07, 6.45) is 0. The summed E-state index contributed by atoms with van der Waals surface area (Å²) in [5, 5.41) is 0.489. The van der Waals surface area contributed by atoms with Gasteiger partial charge in [-0.15, -0.1) is 0 Å². The highest BCUT2D eigenvalue weighted by molar-refractivity contribution is 6.30. The van der Waals surface area contributed by atoms with Crippen molar-refractivity contribution in [1.82, 2.24) is 0 Å². The molecule has 2 rings (SSSR count). The molecule has 0 spiro atoms. The molecule has 0 heterocycles. The summed E-state index contributed by atoms with van der Waals surface area (Å²) in [5.41, 5.74) is 7.77. The topological polar surface area (TPSA) is 35.2 Å². The number of aryl methyl sites for hydroxylation is 1. The molecule has 0 radical (unpaired) electrons. The van der Waals surface area contributed by atoms with Gasteiger partial charge in [0.2, 0.25) is 0 Å². The second-order valence-corrected chi connectivity index (χ2v) is 4.48. The van der Waals surface area contributed by atoms with Gasteiger partial charge >= 0.3 is 0 Å². The Kier molecular flexibility index (Phi) is 3.72. The molecule has 4 heteroatoms. The SMILES string of the molecule is Cc1cc(OCc2cc(Cl)ccc2F)ccc1N. The molecular formula is C14H13ClFNO. The van der Waals surface area contributed by atoms with Crippen molar-refractivity contribution in [3.63, 3.8) is 0 Å². The second kappa shape index (κ2) is 5.27. The first-order chi connectivity index (χ1) is 8.56. The van der Waals surface area contributed by atoms with E-state index in [4.69, 9.17) is 22.1 Å². The van der Waals surface area contributed by atoms with E-state index in [1.54, 1.807) is 18.2 Å². The number of hydrogen-bond donors (Lipinski definition) is 1. The third-order valence-corrected chi connectivity index (χ3v) is 2.88. The Morgan fingerprint density at radius 2 is 2.00 bits per heavy atom. The molecule has 0 fully saturated rings. The van der Waals surface area contributed by atoms with E-state index in [2.05, 4.69) is 0 Å². The number of ether oxygens (including phenoxy) is 1. The van der Waals surface area contributed by atoms with Gasteiger partial charge in [0.05, 0.1) is 0 Å². The maximum absolute atomic E-state index is 13.5. The minimum Gasteiger partial charge on any atom is -0.489 e. The maximum atomic E-state index is 13.5. The van der Waals surface area contributed by atoms with Gasteiger partial charge in [-0.2, -0.15) is 0 Å². The van der Waals surface area contributed by atoms with Crippen molar-refractivity contribution in [3.05, 3.63) is 58.4 Å². The summed E-state index contributed by atoms with van der Waals surface area (Å²) in [6, 6.07) is 9.73. The van der Waals surface area contributed by atoms with Gasteiger partial charge in [-0.1, -0.05) is 11.6 Å². The highest BCUT2D eigenvalue weighted by Gasteiger charge is 2.04. The van der Waals surface area contributed by atoms with Gasteiger partial charge in [0.15, 0.2) is 0 Å². The summed E-state index contributed by atoms with van der Waals surface area (Å²) in [6.45, 7) is 2.03. The van der Waals surface area contributed by atoms with Gasteiger partial charge in [0, 0.05) is 16.3 Å². The molecule has 2 nitrogen and oxygen atoms in total. The van der Waals surface area contributed by atoms with E-state index >= 15 is 0 Å². The van der Waals surface area contributed by atoms with E-state index in [1.807, 2.05) is 13.0 Å². The number of nitrogens with two attached hydrogens (primary N) is 1. The Labute approximate surface area is 110 Å². The second-order valence-electron chi connectivity index (χ2n) is 4.04. The van der Waals surface area contributed by atoms with Crippen molar-refractivity contribution in [3.8, 4) is 5.75 Å². The van der Waals surface area contributed by atoms with Gasteiger partial charge in [0.25, 0.3) is 0 Å². The van der Waals surface area contributed by atoms with Crippen LogP contribution in [0.4, 0.5) is 10.1 Å². The van der Waals surface area contributed by atoms with Crippen molar-refractivity contribution in [2.45, 2.75) is 13.5 Å². The van der Waals surface area contributed by atoms with Crippen molar-refractivity contribution >= 4 is 17.3 Å². The fraction of sp³-hybridized carbons (Fsp3) is 0.143. The van der Waals surface area contributed by atoms with Gasteiger partial charge in [0.1, 0.15) is 18.2 Å². The van der Waals surface area contributed by atoms with Crippen LogP contribution in [0.1, 0.15) is 11.1 Å². The third kappa shape index (κ3) is 2.93. The minimum atomic E-state index is -0.327. The van der Waals surface area contributed by atoms with Crippen molar-refractivity contribution in [1.29, 1.82) is 0 Å². The van der Waals surface area contributed by atoms with Crippen LogP contribution < -0.4 is 10.5 Å². The summed E-state index contributed by atoms with van der Waals surface area (Å²) >= 11 is 5.81. The van der Waals surface area contributed by atoms with Crippen LogP contribution in [-0.4, -0.2) is 0 Å². The first kappa shape index (κ1) is 12.7. The molecule has 0 bridgehead atoms. The molecule has 0 amide bonds. The molecule has 0 atom stereocenters. The molecule has 0 saturated heterocycles. The molecular weight excluding hydrogens is 253 g/mol. The van der Waals surface area contributed by atoms with Gasteiger partial charge in [-0.05, 0) is 48.9 Å². The highest BCUT2D eigenvalue weighted by Crippen LogP contribution is 2.21. The van der Waals surface area contributed by atoms with Crippen molar-refractivity contribution in [2.24, 2.45) is 0 Å². The first-order valence-electron chi connectivity index (χ1n) is 5.49. The lowest BCUT2D eigenvalue weighted by Gasteiger charge is -2.09. The van der Waals surface area contributed by atoms with Crippen LogP contribution in [-0.2, 0) is 6.61 Å². The molecule has 0 aliphatic heterocycles. The zero-order valence-electron chi connectivity index (χ0n) is 9.91. The first-order valence-corrected chi connectivity index (χ1v) is 5.87. The molecule has 0 saturated carbocycles. The summed E-state index contributed by atoms with van der Waals surface area (Å²) < 4.78 is 19.0. The molecule has 0 unspecified atom stereocenters. The quantitative estimate of drug-likeness (QED) is 0.853. The zero-order valence-corrected chi connectivity index (χ0v) is 10.7. The van der Waals surface area contributed by atoms with Crippen LogP contribution in [0.5, 0.6) is 5.75 Å².